The molecule has 0 bridgehead atoms. The Labute approximate surface area is 130 Å². The average molecular weight is 357 g/mol. The van der Waals surface area contributed by atoms with Gasteiger partial charge in [0.1, 0.15) is 6.04 Å². The molecule has 2 aliphatic heterocycles. The minimum Gasteiger partial charge on any atom is -0.481 e. The molecule has 0 aromatic carbocycles. The molecule has 21 heavy (non-hydrogen) atoms. The van der Waals surface area contributed by atoms with E-state index in [1.54, 1.807) is 0 Å². The number of hydrogen-bond acceptors (Lipinski definition) is 4. The van der Waals surface area contributed by atoms with Gasteiger partial charge in [0.15, 0.2) is 0 Å². The number of carboxylic acids is 2. The monoisotopic (exact) mass is 356 g/mol. The van der Waals surface area contributed by atoms with E-state index in [9.17, 15) is 19.8 Å². The summed E-state index contributed by atoms with van der Waals surface area (Å²) in [5, 5.41) is 25.0. The molecule has 3 rings (SSSR count). The number of carbonyl (C=O) groups is 2. The summed E-state index contributed by atoms with van der Waals surface area (Å²) in [6, 6.07) is -0.912. The summed E-state index contributed by atoms with van der Waals surface area (Å²) in [5.74, 6) is -2.48. The molecule has 0 amide bonds. The highest BCUT2D eigenvalue weighted by molar-refractivity contribution is 9.09. The predicted molar refractivity (Wildman–Crippen MR) is 79.4 cm³/mol. The molecule has 1 saturated heterocycles. The quantitative estimate of drug-likeness (QED) is 0.537. The van der Waals surface area contributed by atoms with E-state index >= 15 is 0 Å². The highest BCUT2D eigenvalue weighted by atomic mass is 79.9. The predicted octanol–water partition coefficient (Wildman–Crippen LogP) is 0.494. The van der Waals surface area contributed by atoms with Crippen molar-refractivity contribution < 1.29 is 19.8 Å². The fraction of sp³-hybridized carbons (Fsp3) is 0.571. The van der Waals surface area contributed by atoms with Crippen molar-refractivity contribution >= 4 is 27.9 Å². The van der Waals surface area contributed by atoms with Crippen LogP contribution in [0.3, 0.4) is 0 Å². The number of allylic oxidation sites excluding steroid dienone is 1. The molecule has 0 saturated carbocycles. The summed E-state index contributed by atoms with van der Waals surface area (Å²) in [7, 11) is 0. The maximum absolute atomic E-state index is 11.5. The topological polar surface area (TPSA) is 98.7 Å². The van der Waals surface area contributed by atoms with Gasteiger partial charge >= 0.3 is 11.9 Å². The molecule has 1 aliphatic carbocycles. The molecular weight excluding hydrogens is 340 g/mol. The SMILES string of the molecule is O=C(O)C1CC2=C3C=CC(Br)CC3NC2C(C(=O)O)CN1. The number of hydrogen-bond donors (Lipinski definition) is 4. The van der Waals surface area contributed by atoms with Crippen LogP contribution in [0.15, 0.2) is 23.3 Å². The zero-order chi connectivity index (χ0) is 15.1. The van der Waals surface area contributed by atoms with E-state index in [4.69, 9.17) is 0 Å². The van der Waals surface area contributed by atoms with Crippen molar-refractivity contribution in [1.29, 1.82) is 0 Å². The molecule has 5 unspecified atom stereocenters. The first kappa shape index (κ1) is 14.7. The van der Waals surface area contributed by atoms with Crippen molar-refractivity contribution in [2.45, 2.75) is 35.8 Å². The van der Waals surface area contributed by atoms with Crippen LogP contribution in [0.2, 0.25) is 0 Å². The first-order valence-electron chi connectivity index (χ1n) is 6.97. The zero-order valence-corrected chi connectivity index (χ0v) is 12.8. The first-order valence-corrected chi connectivity index (χ1v) is 7.89. The molecule has 0 aromatic rings. The maximum atomic E-state index is 11.5. The second-order valence-corrected chi connectivity index (χ2v) is 6.91. The van der Waals surface area contributed by atoms with Gasteiger partial charge in [0.05, 0.1) is 5.92 Å². The van der Waals surface area contributed by atoms with Gasteiger partial charge in [0.25, 0.3) is 0 Å². The van der Waals surface area contributed by atoms with Crippen molar-refractivity contribution in [1.82, 2.24) is 10.6 Å². The van der Waals surface area contributed by atoms with E-state index in [1.165, 1.54) is 0 Å². The molecule has 1 fully saturated rings. The van der Waals surface area contributed by atoms with E-state index in [-0.39, 0.29) is 23.5 Å². The van der Waals surface area contributed by atoms with Crippen LogP contribution in [0, 0.1) is 5.92 Å². The Balaban J connectivity index is 1.99. The van der Waals surface area contributed by atoms with E-state index < -0.39 is 23.9 Å². The number of nitrogens with one attached hydrogen (secondary N) is 2. The van der Waals surface area contributed by atoms with Crippen molar-refractivity contribution in [3.05, 3.63) is 23.3 Å². The summed E-state index contributed by atoms with van der Waals surface area (Å²) in [6.45, 7) is 0.162. The fourth-order valence-electron chi connectivity index (χ4n) is 3.43. The second kappa shape index (κ2) is 5.55. The van der Waals surface area contributed by atoms with Crippen molar-refractivity contribution in [2.24, 2.45) is 5.92 Å². The van der Waals surface area contributed by atoms with Crippen LogP contribution in [0.25, 0.3) is 0 Å². The molecule has 0 radical (unpaired) electrons. The van der Waals surface area contributed by atoms with Crippen molar-refractivity contribution in [3.63, 3.8) is 0 Å². The second-order valence-electron chi connectivity index (χ2n) is 5.74. The number of carboxylic acid groups (broad SMARTS) is 2. The summed E-state index contributed by atoms with van der Waals surface area (Å²) in [6.07, 6.45) is 5.23. The number of rotatable bonds is 2. The maximum Gasteiger partial charge on any atom is 0.321 e. The van der Waals surface area contributed by atoms with E-state index in [0.29, 0.717) is 6.42 Å². The number of aliphatic carboxylic acids is 2. The normalized spacial score (nSPS) is 38.6. The highest BCUT2D eigenvalue weighted by Crippen LogP contribution is 2.37. The number of alkyl halides is 1. The Morgan fingerprint density at radius 3 is 2.71 bits per heavy atom. The van der Waals surface area contributed by atoms with Gasteiger partial charge < -0.3 is 20.8 Å². The molecule has 6 nitrogen and oxygen atoms in total. The molecular formula is C14H17BrN2O4. The molecule has 4 N–H and O–H groups in total. The van der Waals surface area contributed by atoms with E-state index in [2.05, 4.69) is 26.6 Å². The number of fused-ring (bicyclic) bond motifs is 2. The standard InChI is InChI=1S/C14H17BrN2O4/c15-6-1-2-7-8-4-11(14(20)21)16-5-9(13(18)19)12(8)17-10(7)3-6/h1-2,6,9-12,16-17H,3-5H2,(H,18,19)(H,20,21). The van der Waals surface area contributed by atoms with Gasteiger partial charge in [-0.15, -0.1) is 0 Å². The molecule has 114 valence electrons. The van der Waals surface area contributed by atoms with E-state index in [1.807, 2.05) is 12.2 Å². The summed E-state index contributed by atoms with van der Waals surface area (Å²) >= 11 is 3.55. The van der Waals surface area contributed by atoms with Crippen LogP contribution >= 0.6 is 15.9 Å². The van der Waals surface area contributed by atoms with Crippen LogP contribution in [0.4, 0.5) is 0 Å². The third kappa shape index (κ3) is 2.65. The summed E-state index contributed by atoms with van der Waals surface area (Å²) in [5.41, 5.74) is 2.00. The lowest BCUT2D eigenvalue weighted by Gasteiger charge is -2.24. The van der Waals surface area contributed by atoms with Crippen molar-refractivity contribution in [3.8, 4) is 0 Å². The van der Waals surface area contributed by atoms with Gasteiger partial charge in [-0.1, -0.05) is 28.1 Å². The minimum atomic E-state index is -0.936. The van der Waals surface area contributed by atoms with E-state index in [0.717, 1.165) is 17.6 Å². The first-order chi connectivity index (χ1) is 9.97. The third-order valence-corrected chi connectivity index (χ3v) is 5.15. The lowest BCUT2D eigenvalue weighted by Crippen LogP contribution is -2.45. The van der Waals surface area contributed by atoms with Crippen LogP contribution in [-0.2, 0) is 9.59 Å². The summed E-state index contributed by atoms with van der Waals surface area (Å²) < 4.78 is 0. The van der Waals surface area contributed by atoms with Gasteiger partial charge in [-0.25, -0.2) is 0 Å². The Morgan fingerprint density at radius 1 is 1.29 bits per heavy atom. The molecule has 3 aliphatic rings. The van der Waals surface area contributed by atoms with Crippen LogP contribution in [0.5, 0.6) is 0 Å². The smallest absolute Gasteiger partial charge is 0.321 e. The van der Waals surface area contributed by atoms with Gasteiger partial charge in [-0.05, 0) is 24.0 Å². The van der Waals surface area contributed by atoms with Crippen LogP contribution in [-0.4, -0.2) is 51.6 Å². The Bertz CT molecular complexity index is 545. The Morgan fingerprint density at radius 2 is 2.05 bits per heavy atom. The zero-order valence-electron chi connectivity index (χ0n) is 11.3. The molecule has 0 aromatic heterocycles. The van der Waals surface area contributed by atoms with Crippen LogP contribution < -0.4 is 10.6 Å². The molecule has 7 heteroatoms. The van der Waals surface area contributed by atoms with Crippen LogP contribution in [0.1, 0.15) is 12.8 Å². The lowest BCUT2D eigenvalue weighted by atomic mass is 9.89. The summed E-state index contributed by atoms with van der Waals surface area (Å²) in [4.78, 5) is 23.1. The number of halogens is 1. The Kier molecular flexibility index (Phi) is 3.90. The Hall–Kier alpha value is -1.18. The van der Waals surface area contributed by atoms with Gasteiger partial charge in [-0.2, -0.15) is 0 Å². The largest absolute Gasteiger partial charge is 0.481 e. The van der Waals surface area contributed by atoms with Gasteiger partial charge in [0.2, 0.25) is 0 Å². The van der Waals surface area contributed by atoms with Crippen molar-refractivity contribution in [2.75, 3.05) is 6.54 Å². The van der Waals surface area contributed by atoms with Gasteiger partial charge in [-0.3, -0.25) is 9.59 Å². The lowest BCUT2D eigenvalue weighted by molar-refractivity contribution is -0.143. The third-order valence-electron chi connectivity index (χ3n) is 4.47. The average Bonchev–Trinajstić information content (AvgIpc) is 2.63. The fourth-order valence-corrected chi connectivity index (χ4v) is 3.95. The highest BCUT2D eigenvalue weighted by Gasteiger charge is 2.44. The van der Waals surface area contributed by atoms with Gasteiger partial charge in [0, 0.05) is 23.5 Å². The molecule has 5 atom stereocenters. The molecule has 2 heterocycles. The minimum absolute atomic E-state index is 0.105. The molecule has 0 spiro atoms.